The summed E-state index contributed by atoms with van der Waals surface area (Å²) in [4.78, 5) is 13.8. The Morgan fingerprint density at radius 3 is 2.17 bits per heavy atom. The number of aryl methyl sites for hydroxylation is 2. The number of rotatable bonds is 4. The SMILES string of the molecule is Cc1cc(N2CCCC2)nc(N2CCN(S(=O)(=O)c3cc(C)c(Cl)cc3Cl)CC2)n1. The van der Waals surface area contributed by atoms with E-state index in [1.807, 2.05) is 17.9 Å². The molecular formula is C20H25Cl2N5O2S. The van der Waals surface area contributed by atoms with E-state index in [1.54, 1.807) is 13.0 Å². The van der Waals surface area contributed by atoms with Crippen molar-refractivity contribution in [2.24, 2.45) is 0 Å². The topological polar surface area (TPSA) is 69.6 Å². The summed E-state index contributed by atoms with van der Waals surface area (Å²) < 4.78 is 27.7. The molecule has 2 aromatic rings. The van der Waals surface area contributed by atoms with E-state index in [-0.39, 0.29) is 9.92 Å². The Bertz CT molecular complexity index is 1050. The fraction of sp³-hybridized carbons (Fsp3) is 0.500. The lowest BCUT2D eigenvalue weighted by Gasteiger charge is -2.34. The lowest BCUT2D eigenvalue weighted by Crippen LogP contribution is -2.49. The Morgan fingerprint density at radius 2 is 1.50 bits per heavy atom. The van der Waals surface area contributed by atoms with Crippen molar-refractivity contribution in [1.29, 1.82) is 0 Å². The summed E-state index contributed by atoms with van der Waals surface area (Å²) in [5, 5.41) is 0.597. The molecule has 2 fully saturated rings. The number of aromatic nitrogens is 2. The highest BCUT2D eigenvalue weighted by Gasteiger charge is 2.31. The molecule has 0 aliphatic carbocycles. The summed E-state index contributed by atoms with van der Waals surface area (Å²) in [5.74, 6) is 1.61. The minimum absolute atomic E-state index is 0.0997. The molecule has 4 rings (SSSR count). The van der Waals surface area contributed by atoms with Gasteiger partial charge in [-0.2, -0.15) is 9.29 Å². The maximum Gasteiger partial charge on any atom is 0.244 e. The van der Waals surface area contributed by atoms with Crippen molar-refractivity contribution in [3.8, 4) is 0 Å². The van der Waals surface area contributed by atoms with Crippen molar-refractivity contribution in [2.75, 3.05) is 49.1 Å². The van der Waals surface area contributed by atoms with Gasteiger partial charge in [-0.25, -0.2) is 13.4 Å². The van der Waals surface area contributed by atoms with Gasteiger partial charge in [0.05, 0.1) is 5.02 Å². The molecule has 7 nitrogen and oxygen atoms in total. The van der Waals surface area contributed by atoms with E-state index < -0.39 is 10.0 Å². The normalized spacial score (nSPS) is 18.3. The van der Waals surface area contributed by atoms with Crippen LogP contribution in [0, 0.1) is 13.8 Å². The number of sulfonamides is 1. The van der Waals surface area contributed by atoms with E-state index in [0.717, 1.165) is 24.6 Å². The van der Waals surface area contributed by atoms with Gasteiger partial charge in [0.25, 0.3) is 0 Å². The first-order valence-electron chi connectivity index (χ1n) is 10.1. The van der Waals surface area contributed by atoms with Crippen LogP contribution in [0.25, 0.3) is 0 Å². The van der Waals surface area contributed by atoms with E-state index in [1.165, 1.54) is 23.2 Å². The molecule has 30 heavy (non-hydrogen) atoms. The molecule has 0 spiro atoms. The highest BCUT2D eigenvalue weighted by atomic mass is 35.5. The lowest BCUT2D eigenvalue weighted by molar-refractivity contribution is 0.382. The van der Waals surface area contributed by atoms with Crippen LogP contribution in [-0.4, -0.2) is 62.0 Å². The van der Waals surface area contributed by atoms with E-state index in [4.69, 9.17) is 28.2 Å². The minimum atomic E-state index is -3.70. The summed E-state index contributed by atoms with van der Waals surface area (Å²) in [6, 6.07) is 5.04. The van der Waals surface area contributed by atoms with E-state index in [0.29, 0.717) is 42.7 Å². The number of nitrogens with zero attached hydrogens (tertiary/aromatic N) is 5. The standard InChI is InChI=1S/C20H25Cl2N5O2S/c1-14-11-18(17(22)13-16(14)21)30(28,29)27-9-7-26(8-10-27)20-23-15(2)12-19(24-20)25-5-3-4-6-25/h11-13H,3-10H2,1-2H3. The minimum Gasteiger partial charge on any atom is -0.356 e. The molecule has 162 valence electrons. The highest BCUT2D eigenvalue weighted by molar-refractivity contribution is 7.89. The molecule has 2 aliphatic heterocycles. The molecule has 10 heteroatoms. The van der Waals surface area contributed by atoms with Gasteiger partial charge in [0.2, 0.25) is 16.0 Å². The Hall–Kier alpha value is -1.61. The van der Waals surface area contributed by atoms with Crippen LogP contribution in [0.4, 0.5) is 11.8 Å². The molecule has 0 bridgehead atoms. The Balaban J connectivity index is 1.51. The fourth-order valence-electron chi connectivity index (χ4n) is 3.88. The van der Waals surface area contributed by atoms with Crippen molar-refractivity contribution in [3.05, 3.63) is 39.5 Å². The molecule has 0 radical (unpaired) electrons. The van der Waals surface area contributed by atoms with Gasteiger partial charge in [-0.15, -0.1) is 0 Å². The second-order valence-corrected chi connectivity index (χ2v) is 10.5. The molecule has 0 unspecified atom stereocenters. The Morgan fingerprint density at radius 1 is 0.833 bits per heavy atom. The average molecular weight is 470 g/mol. The summed E-state index contributed by atoms with van der Waals surface area (Å²) >= 11 is 12.3. The van der Waals surface area contributed by atoms with Crippen LogP contribution < -0.4 is 9.80 Å². The van der Waals surface area contributed by atoms with E-state index in [9.17, 15) is 8.42 Å². The van der Waals surface area contributed by atoms with Gasteiger partial charge >= 0.3 is 0 Å². The van der Waals surface area contributed by atoms with Gasteiger partial charge in [0.15, 0.2) is 0 Å². The van der Waals surface area contributed by atoms with E-state index >= 15 is 0 Å². The largest absolute Gasteiger partial charge is 0.356 e. The van der Waals surface area contributed by atoms with Crippen LogP contribution in [0.3, 0.4) is 0 Å². The maximum absolute atomic E-state index is 13.1. The van der Waals surface area contributed by atoms with Crippen LogP contribution in [-0.2, 0) is 10.0 Å². The zero-order valence-corrected chi connectivity index (χ0v) is 19.4. The van der Waals surface area contributed by atoms with Gasteiger partial charge in [0.1, 0.15) is 10.7 Å². The number of halogens is 2. The van der Waals surface area contributed by atoms with Crippen LogP contribution in [0.15, 0.2) is 23.1 Å². The number of hydrogen-bond acceptors (Lipinski definition) is 6. The molecule has 3 heterocycles. The molecule has 0 N–H and O–H groups in total. The Labute approximate surface area is 187 Å². The second kappa shape index (κ2) is 8.49. The smallest absolute Gasteiger partial charge is 0.244 e. The van der Waals surface area contributed by atoms with Crippen molar-refractivity contribution in [2.45, 2.75) is 31.6 Å². The average Bonchev–Trinajstić information content (AvgIpc) is 3.25. The van der Waals surface area contributed by atoms with Crippen LogP contribution in [0.1, 0.15) is 24.1 Å². The first-order valence-corrected chi connectivity index (χ1v) is 12.3. The Kier molecular flexibility index (Phi) is 6.12. The predicted molar refractivity (Wildman–Crippen MR) is 120 cm³/mol. The van der Waals surface area contributed by atoms with Gasteiger partial charge in [-0.1, -0.05) is 23.2 Å². The van der Waals surface area contributed by atoms with Crippen LogP contribution in [0.2, 0.25) is 10.0 Å². The van der Waals surface area contributed by atoms with Gasteiger partial charge in [-0.3, -0.25) is 0 Å². The zero-order valence-electron chi connectivity index (χ0n) is 17.1. The predicted octanol–water partition coefficient (Wildman–Crippen LogP) is 3.51. The fourth-order valence-corrected chi connectivity index (χ4v) is 6.11. The summed E-state index contributed by atoms with van der Waals surface area (Å²) in [7, 11) is -3.70. The molecule has 0 saturated carbocycles. The third-order valence-electron chi connectivity index (χ3n) is 5.61. The van der Waals surface area contributed by atoms with Gasteiger partial charge < -0.3 is 9.80 Å². The molecule has 1 aromatic carbocycles. The summed E-state index contributed by atoms with van der Waals surface area (Å²) in [6.45, 7) is 7.50. The number of hydrogen-bond donors (Lipinski definition) is 0. The number of benzene rings is 1. The van der Waals surface area contributed by atoms with Crippen LogP contribution in [0.5, 0.6) is 0 Å². The summed E-state index contributed by atoms with van der Waals surface area (Å²) in [5.41, 5.74) is 1.60. The van der Waals surface area contributed by atoms with Crippen molar-refractivity contribution in [1.82, 2.24) is 14.3 Å². The van der Waals surface area contributed by atoms with Crippen molar-refractivity contribution in [3.63, 3.8) is 0 Å². The van der Waals surface area contributed by atoms with E-state index in [2.05, 4.69) is 9.88 Å². The first-order chi connectivity index (χ1) is 14.3. The van der Waals surface area contributed by atoms with Crippen LogP contribution >= 0.6 is 23.2 Å². The third-order valence-corrected chi connectivity index (χ3v) is 8.38. The van der Waals surface area contributed by atoms with Crippen molar-refractivity contribution < 1.29 is 8.42 Å². The second-order valence-electron chi connectivity index (χ2n) is 7.78. The molecule has 2 aliphatic rings. The van der Waals surface area contributed by atoms with Gasteiger partial charge in [-0.05, 0) is 44.4 Å². The molecule has 0 amide bonds. The quantitative estimate of drug-likeness (QED) is 0.681. The highest BCUT2D eigenvalue weighted by Crippen LogP contribution is 2.31. The molecule has 1 aromatic heterocycles. The zero-order chi connectivity index (χ0) is 21.5. The lowest BCUT2D eigenvalue weighted by atomic mass is 10.2. The van der Waals surface area contributed by atoms with Gasteiger partial charge in [0, 0.05) is 56.1 Å². The van der Waals surface area contributed by atoms with Crippen molar-refractivity contribution >= 4 is 45.0 Å². The molecule has 0 atom stereocenters. The maximum atomic E-state index is 13.1. The third kappa shape index (κ3) is 4.23. The molecule has 2 saturated heterocycles. The number of anilines is 2. The first kappa shape index (κ1) is 21.6. The summed E-state index contributed by atoms with van der Waals surface area (Å²) in [6.07, 6.45) is 2.36. The molecular weight excluding hydrogens is 445 g/mol. The number of piperazine rings is 1. The monoisotopic (exact) mass is 469 g/mol.